The lowest BCUT2D eigenvalue weighted by Crippen LogP contribution is -2.55. The molecule has 1 atom stereocenters. The van der Waals surface area contributed by atoms with Crippen molar-refractivity contribution in [3.05, 3.63) is 41.7 Å². The van der Waals surface area contributed by atoms with Gasteiger partial charge in [0.15, 0.2) is 0 Å². The smallest absolute Gasteiger partial charge is 0.243 e. The van der Waals surface area contributed by atoms with Crippen molar-refractivity contribution in [2.24, 2.45) is 16.6 Å². The maximum Gasteiger partial charge on any atom is 0.243 e. The zero-order chi connectivity index (χ0) is 23.8. The number of aliphatic imine (C=N–C) groups is 1. The number of sulfonamides is 1. The molecular formula is C24H33N5O4S. The molecule has 34 heavy (non-hydrogen) atoms. The van der Waals surface area contributed by atoms with Gasteiger partial charge in [-0.3, -0.25) is 4.99 Å². The minimum absolute atomic E-state index is 0.197. The lowest BCUT2D eigenvalue weighted by molar-refractivity contribution is 0.0730. The zero-order valence-corrected chi connectivity index (χ0v) is 20.4. The van der Waals surface area contributed by atoms with Gasteiger partial charge in [-0.25, -0.2) is 8.42 Å². The molecule has 1 aromatic carbocycles. The minimum atomic E-state index is -3.62. The number of amidine groups is 1. The predicted molar refractivity (Wildman–Crippen MR) is 131 cm³/mol. The van der Waals surface area contributed by atoms with Gasteiger partial charge in [-0.05, 0) is 37.0 Å². The van der Waals surface area contributed by atoms with E-state index >= 15 is 0 Å². The summed E-state index contributed by atoms with van der Waals surface area (Å²) in [5.41, 5.74) is 8.20. The lowest BCUT2D eigenvalue weighted by Gasteiger charge is -2.42. The van der Waals surface area contributed by atoms with Crippen LogP contribution in [0.25, 0.3) is 0 Å². The minimum Gasteiger partial charge on any atom is -0.495 e. The summed E-state index contributed by atoms with van der Waals surface area (Å²) in [6, 6.07) is 4.90. The highest BCUT2D eigenvalue weighted by atomic mass is 32.2. The maximum atomic E-state index is 13.1. The molecule has 9 nitrogen and oxygen atoms in total. The van der Waals surface area contributed by atoms with Crippen molar-refractivity contribution in [2.45, 2.75) is 42.5 Å². The average molecular weight is 488 g/mol. The summed E-state index contributed by atoms with van der Waals surface area (Å²) in [5.74, 6) is 2.33. The Labute approximate surface area is 201 Å². The normalized spacial score (nSPS) is 26.1. The molecule has 1 aromatic rings. The first-order valence-electron chi connectivity index (χ1n) is 12.0. The molecule has 3 heterocycles. The lowest BCUT2D eigenvalue weighted by atomic mass is 9.70. The van der Waals surface area contributed by atoms with Gasteiger partial charge >= 0.3 is 0 Å². The third-order valence-electron chi connectivity index (χ3n) is 7.23. The number of ether oxygens (including phenoxy) is 2. The van der Waals surface area contributed by atoms with Gasteiger partial charge in [0.1, 0.15) is 17.4 Å². The molecule has 1 saturated heterocycles. The van der Waals surface area contributed by atoms with Gasteiger partial charge in [0.25, 0.3) is 0 Å². The van der Waals surface area contributed by atoms with E-state index in [1.54, 1.807) is 18.2 Å². The van der Waals surface area contributed by atoms with Crippen molar-refractivity contribution in [3.63, 3.8) is 0 Å². The molecular weight excluding hydrogens is 454 g/mol. The van der Waals surface area contributed by atoms with Gasteiger partial charge in [0.2, 0.25) is 10.0 Å². The monoisotopic (exact) mass is 487 g/mol. The van der Waals surface area contributed by atoms with Crippen LogP contribution in [0.15, 0.2) is 51.6 Å². The van der Waals surface area contributed by atoms with E-state index in [-0.39, 0.29) is 4.90 Å². The third-order valence-corrected chi connectivity index (χ3v) is 9.13. The number of nitrogens with one attached hydrogen (secondary N) is 2. The van der Waals surface area contributed by atoms with Gasteiger partial charge in [0.05, 0.1) is 43.0 Å². The Kier molecular flexibility index (Phi) is 6.41. The van der Waals surface area contributed by atoms with Crippen LogP contribution in [-0.4, -0.2) is 64.1 Å². The van der Waals surface area contributed by atoms with Crippen molar-refractivity contribution < 1.29 is 17.9 Å². The van der Waals surface area contributed by atoms with Crippen LogP contribution in [0.2, 0.25) is 0 Å². The highest BCUT2D eigenvalue weighted by molar-refractivity contribution is 7.89. The summed E-state index contributed by atoms with van der Waals surface area (Å²) in [6.07, 6.45) is 10.0. The van der Waals surface area contributed by atoms with Crippen molar-refractivity contribution in [2.75, 3.05) is 45.3 Å². The van der Waals surface area contributed by atoms with Gasteiger partial charge in [-0.15, -0.1) is 0 Å². The number of rotatable bonds is 6. The molecule has 10 heteroatoms. The number of morpholine rings is 1. The standard InChI is InChI=1S/C24H33N5O4S/c1-32-21-15-18(34(30,31)29-11-13-33-14-12-29)7-8-20(21)27-22-16-24(25,17-5-3-2-4-6-17)19-9-10-26-23(19)28-22/h7-9,15-17,27H,2-6,10-14,25H2,1H3,(H,26,28). The Hall–Kier alpha value is -2.40. The Morgan fingerprint density at radius 3 is 2.74 bits per heavy atom. The second kappa shape index (κ2) is 9.33. The summed E-state index contributed by atoms with van der Waals surface area (Å²) in [7, 11) is -2.09. The second-order valence-electron chi connectivity index (χ2n) is 9.26. The summed E-state index contributed by atoms with van der Waals surface area (Å²) >= 11 is 0. The third kappa shape index (κ3) is 4.24. The number of hydrogen-bond donors (Lipinski definition) is 3. The molecule has 0 bridgehead atoms. The molecule has 5 rings (SSSR count). The highest BCUT2D eigenvalue weighted by Crippen LogP contribution is 2.40. The molecule has 0 aromatic heterocycles. The maximum absolute atomic E-state index is 13.1. The number of methoxy groups -OCH3 is 1. The van der Waals surface area contributed by atoms with Crippen LogP contribution in [0.1, 0.15) is 32.1 Å². The van der Waals surface area contributed by atoms with E-state index in [9.17, 15) is 8.42 Å². The Morgan fingerprint density at radius 2 is 2.00 bits per heavy atom. The highest BCUT2D eigenvalue weighted by Gasteiger charge is 2.43. The van der Waals surface area contributed by atoms with E-state index in [1.807, 2.05) is 0 Å². The van der Waals surface area contributed by atoms with Gasteiger partial charge in [-0.2, -0.15) is 4.31 Å². The molecule has 0 radical (unpaired) electrons. The number of hydrogen-bond acceptors (Lipinski definition) is 8. The molecule has 4 N–H and O–H groups in total. The topological polar surface area (TPSA) is 118 Å². The van der Waals surface area contributed by atoms with Crippen LogP contribution in [0, 0.1) is 5.92 Å². The number of anilines is 1. The Balaban J connectivity index is 1.43. The van der Waals surface area contributed by atoms with Gasteiger partial charge in [0, 0.05) is 24.7 Å². The second-order valence-corrected chi connectivity index (χ2v) is 11.2. The summed E-state index contributed by atoms with van der Waals surface area (Å²) in [6.45, 7) is 2.12. The van der Waals surface area contributed by atoms with Crippen molar-refractivity contribution >= 4 is 21.5 Å². The molecule has 4 aliphatic rings. The van der Waals surface area contributed by atoms with Crippen LogP contribution in [0.4, 0.5) is 5.69 Å². The van der Waals surface area contributed by atoms with E-state index in [1.165, 1.54) is 30.7 Å². The van der Waals surface area contributed by atoms with Crippen molar-refractivity contribution in [1.82, 2.24) is 9.62 Å². The van der Waals surface area contributed by atoms with Crippen LogP contribution >= 0.6 is 0 Å². The van der Waals surface area contributed by atoms with Crippen LogP contribution in [0.5, 0.6) is 5.75 Å². The van der Waals surface area contributed by atoms with Crippen LogP contribution < -0.4 is 21.1 Å². The number of nitrogens with two attached hydrogens (primary N) is 1. The quantitative estimate of drug-likeness (QED) is 0.563. The number of benzene rings is 1. The molecule has 1 aliphatic carbocycles. The van der Waals surface area contributed by atoms with E-state index in [0.717, 1.165) is 30.1 Å². The molecule has 2 fully saturated rings. The fourth-order valence-corrected chi connectivity index (χ4v) is 6.80. The zero-order valence-electron chi connectivity index (χ0n) is 19.5. The molecule has 3 aliphatic heterocycles. The number of fused-ring (bicyclic) bond motifs is 1. The first kappa shape index (κ1) is 23.3. The van der Waals surface area contributed by atoms with Crippen molar-refractivity contribution in [1.29, 1.82) is 0 Å². The Bertz CT molecular complexity index is 1130. The Morgan fingerprint density at radius 1 is 1.24 bits per heavy atom. The van der Waals surface area contributed by atoms with Gasteiger partial charge in [-0.1, -0.05) is 25.3 Å². The molecule has 184 valence electrons. The van der Waals surface area contributed by atoms with E-state index in [2.05, 4.69) is 27.8 Å². The van der Waals surface area contributed by atoms with E-state index in [0.29, 0.717) is 50.2 Å². The SMILES string of the molecule is COc1cc(S(=O)(=O)N2CCOCC2)ccc1NC1=CC(N)(C2CCCCC2)C2=CCN=C2N1. The molecule has 0 spiro atoms. The summed E-state index contributed by atoms with van der Waals surface area (Å²) in [5, 5.41) is 6.74. The molecule has 1 unspecified atom stereocenters. The summed E-state index contributed by atoms with van der Waals surface area (Å²) < 4.78 is 38.5. The van der Waals surface area contributed by atoms with Crippen LogP contribution in [-0.2, 0) is 14.8 Å². The number of nitrogens with zero attached hydrogens (tertiary/aromatic N) is 2. The van der Waals surface area contributed by atoms with E-state index in [4.69, 9.17) is 15.2 Å². The average Bonchev–Trinajstić information content (AvgIpc) is 3.35. The van der Waals surface area contributed by atoms with Crippen molar-refractivity contribution in [3.8, 4) is 5.75 Å². The van der Waals surface area contributed by atoms with E-state index < -0.39 is 15.6 Å². The fourth-order valence-electron chi connectivity index (χ4n) is 5.38. The largest absolute Gasteiger partial charge is 0.495 e. The first-order valence-corrected chi connectivity index (χ1v) is 13.4. The fraction of sp³-hybridized carbons (Fsp3) is 0.542. The first-order chi connectivity index (χ1) is 16.4. The summed E-state index contributed by atoms with van der Waals surface area (Å²) in [4.78, 5) is 4.80. The molecule has 1 saturated carbocycles. The van der Waals surface area contributed by atoms with Gasteiger partial charge < -0.3 is 25.8 Å². The van der Waals surface area contributed by atoms with Crippen LogP contribution in [0.3, 0.4) is 0 Å². The molecule has 0 amide bonds. The predicted octanol–water partition coefficient (Wildman–Crippen LogP) is 2.19.